The van der Waals surface area contributed by atoms with Gasteiger partial charge in [0.2, 0.25) is 5.69 Å². The summed E-state index contributed by atoms with van der Waals surface area (Å²) in [5.74, 6) is 1.80. The molecule has 0 radical (unpaired) electrons. The molecule has 0 unspecified atom stereocenters. The van der Waals surface area contributed by atoms with Crippen molar-refractivity contribution < 1.29 is 14.0 Å². The zero-order valence-corrected chi connectivity index (χ0v) is 35.9. The van der Waals surface area contributed by atoms with Gasteiger partial charge in [-0.2, -0.15) is 26.4 Å². The SMILES string of the molecule is COc1ccc2c(c1)C(C)(C)C(/C=C/C=C1/N(C)c3ccc(OC)cc3C1(C)C)=[N+]2C.Cc1ccccc1[B-](c1ccccc1)(c1ccccc1)c1ccccc1C. The smallest absolute Gasteiger partial charge is 0.209 e. The number of allylic oxidation sites excluding steroid dienone is 4. The summed E-state index contributed by atoms with van der Waals surface area (Å²) in [6, 6.07) is 52.3. The van der Waals surface area contributed by atoms with Gasteiger partial charge in [0.1, 0.15) is 24.7 Å². The van der Waals surface area contributed by atoms with Crippen LogP contribution in [0.2, 0.25) is 0 Å². The first-order valence-corrected chi connectivity index (χ1v) is 20.4. The number of aryl methyl sites for hydroxylation is 2. The van der Waals surface area contributed by atoms with Gasteiger partial charge in [-0.25, -0.2) is 0 Å². The van der Waals surface area contributed by atoms with Crippen LogP contribution in [0.5, 0.6) is 11.5 Å². The molecule has 0 bridgehead atoms. The van der Waals surface area contributed by atoms with E-state index in [-0.39, 0.29) is 10.8 Å². The summed E-state index contributed by atoms with van der Waals surface area (Å²) in [5.41, 5.74) is 15.5. The molecule has 6 aromatic carbocycles. The zero-order valence-electron chi connectivity index (χ0n) is 35.9. The maximum Gasteiger partial charge on any atom is 0.209 e. The molecule has 8 rings (SSSR count). The van der Waals surface area contributed by atoms with Gasteiger partial charge in [-0.15, -0.1) is 0 Å². The van der Waals surface area contributed by atoms with E-state index in [1.54, 1.807) is 14.2 Å². The first-order valence-electron chi connectivity index (χ1n) is 20.4. The quantitative estimate of drug-likeness (QED) is 0.114. The van der Waals surface area contributed by atoms with Gasteiger partial charge >= 0.3 is 0 Å². The van der Waals surface area contributed by atoms with Gasteiger partial charge in [-0.1, -0.05) is 140 Å². The van der Waals surface area contributed by atoms with E-state index in [2.05, 4.69) is 217 Å². The molecule has 6 aromatic rings. The molecule has 58 heavy (non-hydrogen) atoms. The molecule has 294 valence electrons. The monoisotopic (exact) mass is 764 g/mol. The Labute approximate surface area is 346 Å². The second-order valence-corrected chi connectivity index (χ2v) is 16.8. The molecule has 0 spiro atoms. The van der Waals surface area contributed by atoms with E-state index in [1.165, 1.54) is 66.9 Å². The van der Waals surface area contributed by atoms with Crippen molar-refractivity contribution in [3.8, 4) is 11.5 Å². The summed E-state index contributed by atoms with van der Waals surface area (Å²) < 4.78 is 13.2. The molecule has 0 amide bonds. The minimum Gasteiger partial charge on any atom is -0.497 e. The van der Waals surface area contributed by atoms with Crippen molar-refractivity contribution in [3.63, 3.8) is 0 Å². The summed E-state index contributed by atoms with van der Waals surface area (Å²) in [6.45, 7) is 13.6. The highest BCUT2D eigenvalue weighted by Crippen LogP contribution is 2.48. The van der Waals surface area contributed by atoms with Gasteiger partial charge in [0.05, 0.1) is 19.6 Å². The van der Waals surface area contributed by atoms with Crippen molar-refractivity contribution in [2.75, 3.05) is 33.2 Å². The summed E-state index contributed by atoms with van der Waals surface area (Å²) in [7, 11) is 7.72. The topological polar surface area (TPSA) is 24.7 Å². The third-order valence-electron chi connectivity index (χ3n) is 12.9. The van der Waals surface area contributed by atoms with E-state index in [0.717, 1.165) is 11.5 Å². The average molecular weight is 765 g/mol. The second kappa shape index (κ2) is 16.1. The number of fused-ring (bicyclic) bond motifs is 2. The Hall–Kier alpha value is -6.07. The fourth-order valence-electron chi connectivity index (χ4n) is 9.82. The second-order valence-electron chi connectivity index (χ2n) is 16.8. The van der Waals surface area contributed by atoms with Crippen LogP contribution in [-0.4, -0.2) is 44.7 Å². The average Bonchev–Trinajstić information content (AvgIpc) is 3.55. The number of likely N-dealkylation sites (N-methyl/N-ethyl adjacent to an activating group) is 1. The highest BCUT2D eigenvalue weighted by molar-refractivity contribution is 7.20. The van der Waals surface area contributed by atoms with Gasteiger partial charge in [0, 0.05) is 41.6 Å². The van der Waals surface area contributed by atoms with Gasteiger partial charge in [0.25, 0.3) is 0 Å². The predicted molar refractivity (Wildman–Crippen MR) is 248 cm³/mol. The lowest BCUT2D eigenvalue weighted by molar-refractivity contribution is -0.401. The Morgan fingerprint density at radius 2 is 1.07 bits per heavy atom. The number of methoxy groups -OCH3 is 2. The third-order valence-corrected chi connectivity index (χ3v) is 12.9. The fraction of sp³-hybridized carbons (Fsp3) is 0.226. The molecule has 0 N–H and O–H groups in total. The molecule has 0 aromatic heterocycles. The predicted octanol–water partition coefficient (Wildman–Crippen LogP) is 9.26. The lowest BCUT2D eigenvalue weighted by Crippen LogP contribution is -2.75. The van der Waals surface area contributed by atoms with Crippen molar-refractivity contribution in [1.82, 2.24) is 0 Å². The number of nitrogens with zero attached hydrogens (tertiary/aromatic N) is 2. The van der Waals surface area contributed by atoms with Crippen LogP contribution >= 0.6 is 0 Å². The van der Waals surface area contributed by atoms with Crippen LogP contribution in [0.1, 0.15) is 49.9 Å². The lowest BCUT2D eigenvalue weighted by Gasteiger charge is -2.46. The Balaban J connectivity index is 0.000000178. The van der Waals surface area contributed by atoms with Crippen molar-refractivity contribution in [1.29, 1.82) is 0 Å². The van der Waals surface area contributed by atoms with Crippen molar-refractivity contribution >= 4 is 45.1 Å². The lowest BCUT2D eigenvalue weighted by atomic mass is 9.12. The minimum absolute atomic E-state index is 0.0962. The van der Waals surface area contributed by atoms with Crippen molar-refractivity contribution in [2.45, 2.75) is 52.4 Å². The maximum absolute atomic E-state index is 5.46. The van der Waals surface area contributed by atoms with Crippen LogP contribution in [0, 0.1) is 13.8 Å². The number of benzene rings is 6. The Morgan fingerprint density at radius 3 is 1.59 bits per heavy atom. The molecular weight excluding hydrogens is 707 g/mol. The van der Waals surface area contributed by atoms with Crippen molar-refractivity contribution in [3.05, 3.63) is 192 Å². The number of rotatable bonds is 8. The summed E-state index contributed by atoms with van der Waals surface area (Å²) in [4.78, 5) is 2.28. The van der Waals surface area contributed by atoms with Crippen LogP contribution < -0.4 is 36.2 Å². The molecule has 4 nitrogen and oxygen atoms in total. The molecule has 0 atom stereocenters. The first-order chi connectivity index (χ1) is 27.9. The van der Waals surface area contributed by atoms with E-state index < -0.39 is 6.15 Å². The van der Waals surface area contributed by atoms with Gasteiger partial charge in [-0.05, 0) is 69.7 Å². The molecule has 2 heterocycles. The summed E-state index contributed by atoms with van der Waals surface area (Å²) in [6.07, 6.45) is 5.41. The molecular formula is C53H57BN2O2. The van der Waals surface area contributed by atoms with E-state index in [1.807, 2.05) is 12.1 Å². The first kappa shape index (κ1) is 40.1. The highest BCUT2D eigenvalue weighted by atomic mass is 16.5. The number of ether oxygens (including phenoxy) is 2. The number of hydrogen-bond donors (Lipinski definition) is 0. The summed E-state index contributed by atoms with van der Waals surface area (Å²) in [5, 5.41) is 0. The maximum atomic E-state index is 5.46. The molecule has 0 saturated carbocycles. The van der Waals surface area contributed by atoms with Gasteiger partial charge in [0.15, 0.2) is 5.71 Å². The zero-order chi connectivity index (χ0) is 41.2. The molecule has 0 fully saturated rings. The standard InChI is InChI=1S/C27H33N2O2.C26H24B/c1-26(2)20-16-18(30-7)12-14-22(20)28(5)24(26)10-9-11-25-27(3,4)21-17-19(31-8)13-15-23(21)29(25)6;1-21-13-9-11-19-25(21)27(23-15-5-3-6-16-23,24-17-7-4-8-18-24)26-20-12-10-14-22(26)2/h9-17H,1-8H3;3-20H,1-2H3/q+1;-1. The van der Waals surface area contributed by atoms with Crippen LogP contribution in [0.25, 0.3) is 0 Å². The van der Waals surface area contributed by atoms with E-state index >= 15 is 0 Å². The number of hydrogen-bond acceptors (Lipinski definition) is 3. The van der Waals surface area contributed by atoms with Gasteiger partial charge in [-0.3, -0.25) is 0 Å². The Kier molecular flexibility index (Phi) is 11.1. The van der Waals surface area contributed by atoms with E-state index in [0.29, 0.717) is 0 Å². The Morgan fingerprint density at radius 1 is 0.586 bits per heavy atom. The van der Waals surface area contributed by atoms with Crippen LogP contribution in [0.3, 0.4) is 0 Å². The van der Waals surface area contributed by atoms with Crippen LogP contribution in [-0.2, 0) is 10.8 Å². The fourth-order valence-corrected chi connectivity index (χ4v) is 9.82. The largest absolute Gasteiger partial charge is 0.497 e. The molecule has 2 aliphatic rings. The molecule has 0 saturated heterocycles. The van der Waals surface area contributed by atoms with E-state index in [9.17, 15) is 0 Å². The van der Waals surface area contributed by atoms with Crippen LogP contribution in [0.4, 0.5) is 11.4 Å². The van der Waals surface area contributed by atoms with Crippen molar-refractivity contribution in [2.24, 2.45) is 0 Å². The molecule has 5 heteroatoms. The Bertz CT molecular complexity index is 2440. The van der Waals surface area contributed by atoms with Crippen LogP contribution in [0.15, 0.2) is 170 Å². The van der Waals surface area contributed by atoms with E-state index in [4.69, 9.17) is 9.47 Å². The molecule has 2 aliphatic heterocycles. The van der Waals surface area contributed by atoms with Gasteiger partial charge < -0.3 is 14.4 Å². The minimum atomic E-state index is -1.27. The summed E-state index contributed by atoms with van der Waals surface area (Å²) >= 11 is 0. The highest BCUT2D eigenvalue weighted by Gasteiger charge is 2.43. The molecule has 0 aliphatic carbocycles. The number of anilines is 1. The normalized spacial score (nSPS) is 15.9. The third kappa shape index (κ3) is 6.87.